The first kappa shape index (κ1) is 44.3. The van der Waals surface area contributed by atoms with Crippen molar-refractivity contribution < 1.29 is 33.7 Å². The Labute approximate surface area is 378 Å². The van der Waals surface area contributed by atoms with Gasteiger partial charge in [0.25, 0.3) is 11.8 Å². The van der Waals surface area contributed by atoms with Crippen molar-refractivity contribution in [3.05, 3.63) is 190 Å². The minimum Gasteiger partial charge on any atom is -0.507 e. The normalized spacial score (nSPS) is 10.8. The van der Waals surface area contributed by atoms with E-state index in [-0.39, 0.29) is 29.4 Å². The van der Waals surface area contributed by atoms with Crippen molar-refractivity contribution >= 4 is 85.1 Å². The summed E-state index contributed by atoms with van der Waals surface area (Å²) in [7, 11) is 4.56. The third-order valence-corrected chi connectivity index (χ3v) is 10.5. The molecule has 8 rings (SSSR count). The molecule has 0 bridgehead atoms. The Balaban J connectivity index is 0.000000225. The van der Waals surface area contributed by atoms with Crippen LogP contribution in [0.15, 0.2) is 168 Å². The Morgan fingerprint density at radius 2 is 1.06 bits per heavy atom. The number of azo groups is 1. The average Bonchev–Trinajstić information content (AvgIpc) is 3.31. The summed E-state index contributed by atoms with van der Waals surface area (Å²) in [6.45, 7) is 0. The summed E-state index contributed by atoms with van der Waals surface area (Å²) in [5.41, 5.74) is 3.75. The highest BCUT2D eigenvalue weighted by molar-refractivity contribution is 6.31. The van der Waals surface area contributed by atoms with Gasteiger partial charge in [-0.2, -0.15) is 0 Å². The van der Waals surface area contributed by atoms with Crippen LogP contribution < -0.4 is 24.8 Å². The average molecular weight is 892 g/mol. The van der Waals surface area contributed by atoms with Crippen molar-refractivity contribution in [2.45, 2.75) is 6.42 Å². The number of Topliss-reactive ketones (excluding diaryl/α,β-unsaturated/α-hetero) is 1. The molecule has 0 aliphatic heterocycles. The minimum atomic E-state index is -0.436. The maximum Gasteiger partial charge on any atom is 0.259 e. The van der Waals surface area contributed by atoms with Crippen LogP contribution in [0, 0.1) is 0 Å². The first-order valence-electron chi connectivity index (χ1n) is 19.7. The van der Waals surface area contributed by atoms with Gasteiger partial charge in [0, 0.05) is 33.0 Å². The van der Waals surface area contributed by atoms with Gasteiger partial charge in [-0.15, -0.1) is 10.2 Å². The Hall–Kier alpha value is -7.73. The first-order chi connectivity index (χ1) is 31.0. The molecule has 13 heteroatoms. The number of carbonyl (C=O) groups is 3. The van der Waals surface area contributed by atoms with Gasteiger partial charge in [0.1, 0.15) is 28.7 Å². The highest BCUT2D eigenvalue weighted by Gasteiger charge is 2.17. The molecular formula is C51H40Cl2N4O7. The van der Waals surface area contributed by atoms with Crippen LogP contribution >= 0.6 is 23.2 Å². The molecule has 64 heavy (non-hydrogen) atoms. The van der Waals surface area contributed by atoms with Gasteiger partial charge in [-0.3, -0.25) is 14.4 Å². The number of methoxy groups -OCH3 is 3. The molecular weight excluding hydrogens is 851 g/mol. The summed E-state index contributed by atoms with van der Waals surface area (Å²) in [6, 6.07) is 46.3. The summed E-state index contributed by atoms with van der Waals surface area (Å²) in [4.78, 5) is 38.8. The van der Waals surface area contributed by atoms with Gasteiger partial charge in [-0.25, -0.2) is 0 Å². The molecule has 8 aromatic carbocycles. The molecule has 0 saturated heterocycles. The summed E-state index contributed by atoms with van der Waals surface area (Å²) in [5, 5.41) is 28.9. The lowest BCUT2D eigenvalue weighted by molar-refractivity contribution is 0.0989. The predicted octanol–water partition coefficient (Wildman–Crippen LogP) is 13.1. The molecule has 0 fully saturated rings. The third kappa shape index (κ3) is 10.6. The summed E-state index contributed by atoms with van der Waals surface area (Å²) < 4.78 is 16.0. The fourth-order valence-electron chi connectivity index (χ4n) is 6.79. The fraction of sp³-hybridized carbons (Fsp3) is 0.0784. The van der Waals surface area contributed by atoms with Crippen molar-refractivity contribution in [1.82, 2.24) is 0 Å². The van der Waals surface area contributed by atoms with Crippen molar-refractivity contribution in [1.29, 1.82) is 0 Å². The van der Waals surface area contributed by atoms with E-state index in [2.05, 4.69) is 20.9 Å². The maximum absolute atomic E-state index is 13.3. The number of benzene rings is 8. The molecule has 3 N–H and O–H groups in total. The van der Waals surface area contributed by atoms with E-state index in [4.69, 9.17) is 37.4 Å². The van der Waals surface area contributed by atoms with Gasteiger partial charge in [-0.1, -0.05) is 102 Å². The van der Waals surface area contributed by atoms with Crippen molar-refractivity contribution in [3.63, 3.8) is 0 Å². The molecule has 0 spiro atoms. The third-order valence-electron chi connectivity index (χ3n) is 10.0. The molecule has 0 aliphatic carbocycles. The molecule has 8 aromatic rings. The number of hydrogen-bond donors (Lipinski definition) is 3. The van der Waals surface area contributed by atoms with Gasteiger partial charge >= 0.3 is 0 Å². The van der Waals surface area contributed by atoms with Crippen molar-refractivity contribution in [3.8, 4) is 23.0 Å². The summed E-state index contributed by atoms with van der Waals surface area (Å²) in [5.74, 6) is 0.516. The zero-order chi connectivity index (χ0) is 45.2. The van der Waals surface area contributed by atoms with E-state index < -0.39 is 5.91 Å². The number of ether oxygens (including phenoxy) is 3. The van der Waals surface area contributed by atoms with Crippen molar-refractivity contribution in [2.24, 2.45) is 10.2 Å². The lowest BCUT2D eigenvalue weighted by Gasteiger charge is -2.12. The second kappa shape index (κ2) is 20.4. The van der Waals surface area contributed by atoms with E-state index >= 15 is 0 Å². The van der Waals surface area contributed by atoms with Gasteiger partial charge in [0.05, 0.1) is 44.0 Å². The monoisotopic (exact) mass is 890 g/mol. The Bertz CT molecular complexity index is 3050. The molecule has 0 aliphatic rings. The summed E-state index contributed by atoms with van der Waals surface area (Å²) in [6.07, 6.45) is 0.267. The quantitative estimate of drug-likeness (QED) is 0.0817. The second-order valence-electron chi connectivity index (χ2n) is 14.2. The van der Waals surface area contributed by atoms with E-state index in [1.165, 1.54) is 21.3 Å². The second-order valence-corrected chi connectivity index (χ2v) is 15.1. The summed E-state index contributed by atoms with van der Waals surface area (Å²) >= 11 is 12.1. The molecule has 0 unspecified atom stereocenters. The van der Waals surface area contributed by atoms with Gasteiger partial charge in [0.15, 0.2) is 5.78 Å². The molecule has 0 aromatic heterocycles. The fourth-order valence-corrected chi connectivity index (χ4v) is 7.13. The number of amides is 2. The number of nitrogens with one attached hydrogen (secondary N) is 2. The maximum atomic E-state index is 13.3. The number of aromatic hydroxyl groups is 1. The van der Waals surface area contributed by atoms with Crippen LogP contribution in [0.4, 0.5) is 22.7 Å². The minimum absolute atomic E-state index is 0.0455. The number of nitrogens with zero attached hydrogens (tertiary/aromatic N) is 2. The number of rotatable bonds is 12. The predicted molar refractivity (Wildman–Crippen MR) is 253 cm³/mol. The van der Waals surface area contributed by atoms with Crippen LogP contribution in [0.2, 0.25) is 10.0 Å². The smallest absolute Gasteiger partial charge is 0.259 e. The van der Waals surface area contributed by atoms with Crippen molar-refractivity contribution in [2.75, 3.05) is 32.0 Å². The van der Waals surface area contributed by atoms with Crippen LogP contribution in [0.5, 0.6) is 23.0 Å². The number of carbonyl (C=O) groups excluding carboxylic acids is 3. The Morgan fingerprint density at radius 1 is 0.531 bits per heavy atom. The van der Waals surface area contributed by atoms with Crippen LogP contribution in [0.3, 0.4) is 0 Å². The number of phenols is 1. The number of fused-ring (bicyclic) bond motifs is 2. The first-order valence-corrected chi connectivity index (χ1v) is 20.5. The number of phenolic OH excluding ortho intramolecular Hbond substituents is 1. The molecule has 0 atom stereocenters. The Morgan fingerprint density at radius 3 is 1.70 bits per heavy atom. The lowest BCUT2D eigenvalue weighted by atomic mass is 10.0. The van der Waals surface area contributed by atoms with E-state index in [1.54, 1.807) is 78.9 Å². The number of ketones is 1. The van der Waals surface area contributed by atoms with Crippen LogP contribution in [-0.2, 0) is 6.42 Å². The SMILES string of the molecule is COc1ccc(C(=O)Cc2ccccc2)cc1N=Nc1cc(C(=O)Nc2cc(Cl)ccc2OC)cc2ccccc12.COc1ccc(Cl)cc1NC(=O)c1cc2ccccc2cc1O. The standard InChI is InChI=1S/C33H26ClN3O4.C18H14ClNO3/c1-40-31-15-13-25(34)20-28(31)35-33(39)24-17-22-10-6-7-11-26(22)27(19-24)36-37-29-18-23(12-14-32(29)41-2)30(38)16-21-8-4-3-5-9-21;1-23-17-7-6-13(19)10-15(17)20-18(22)14-8-11-4-2-3-5-12(11)9-16(14)21/h3-15,17-20H,16H2,1-2H3,(H,35,39);2-10,21H,1H3,(H,20,22). The largest absolute Gasteiger partial charge is 0.507 e. The molecule has 0 heterocycles. The van der Waals surface area contributed by atoms with Crippen LogP contribution in [-0.4, -0.2) is 44.0 Å². The van der Waals surface area contributed by atoms with Gasteiger partial charge in [-0.05, 0) is 101 Å². The Kier molecular flexibility index (Phi) is 14.1. The topological polar surface area (TPSA) is 148 Å². The van der Waals surface area contributed by atoms with E-state index in [1.807, 2.05) is 78.9 Å². The molecule has 0 radical (unpaired) electrons. The molecule has 11 nitrogen and oxygen atoms in total. The lowest BCUT2D eigenvalue weighted by Crippen LogP contribution is -2.13. The number of hydrogen-bond acceptors (Lipinski definition) is 9. The zero-order valence-electron chi connectivity index (χ0n) is 34.8. The number of halogens is 2. The zero-order valence-corrected chi connectivity index (χ0v) is 36.3. The molecule has 2 amide bonds. The molecule has 0 saturated carbocycles. The van der Waals surface area contributed by atoms with E-state index in [0.29, 0.717) is 61.2 Å². The highest BCUT2D eigenvalue weighted by Crippen LogP contribution is 2.35. The van der Waals surface area contributed by atoms with Crippen LogP contribution in [0.25, 0.3) is 21.5 Å². The van der Waals surface area contributed by atoms with Gasteiger partial charge in [0.2, 0.25) is 0 Å². The van der Waals surface area contributed by atoms with E-state index in [9.17, 15) is 19.5 Å². The highest BCUT2D eigenvalue weighted by atomic mass is 35.5. The van der Waals surface area contributed by atoms with Gasteiger partial charge < -0.3 is 30.0 Å². The molecule has 320 valence electrons. The van der Waals surface area contributed by atoms with Crippen LogP contribution in [0.1, 0.15) is 36.6 Å². The van der Waals surface area contributed by atoms with E-state index in [0.717, 1.165) is 27.1 Å². The number of anilines is 2.